The summed E-state index contributed by atoms with van der Waals surface area (Å²) in [4.78, 5) is 9.38. The number of hydrogen-bond acceptors (Lipinski definition) is 4. The van der Waals surface area contributed by atoms with Crippen LogP contribution in [0.3, 0.4) is 0 Å². The molecule has 0 spiro atoms. The lowest BCUT2D eigenvalue weighted by Crippen LogP contribution is -2.21. The van der Waals surface area contributed by atoms with Crippen molar-refractivity contribution in [2.75, 3.05) is 19.7 Å². The monoisotopic (exact) mass is 260 g/mol. The molecule has 0 fully saturated rings. The molecule has 18 heavy (non-hydrogen) atoms. The fourth-order valence-electron chi connectivity index (χ4n) is 1.30. The largest absolute Gasteiger partial charge is 0.489 e. The zero-order valence-corrected chi connectivity index (χ0v) is 9.91. The van der Waals surface area contributed by atoms with E-state index in [4.69, 9.17) is 4.74 Å². The van der Waals surface area contributed by atoms with Crippen LogP contribution in [0.4, 0.5) is 14.5 Å². The Kier molecular flexibility index (Phi) is 5.44. The summed E-state index contributed by atoms with van der Waals surface area (Å²) in [6.45, 7) is 3.46. The summed E-state index contributed by atoms with van der Waals surface area (Å²) in [5, 5.41) is 13.4. The third-order valence-corrected chi connectivity index (χ3v) is 2.16. The van der Waals surface area contributed by atoms with Gasteiger partial charge in [0, 0.05) is 12.6 Å². The maximum atomic E-state index is 13.3. The van der Waals surface area contributed by atoms with E-state index < -0.39 is 22.2 Å². The third kappa shape index (κ3) is 3.92. The number of nitrogens with zero attached hydrogens (tertiary/aromatic N) is 1. The van der Waals surface area contributed by atoms with E-state index in [1.807, 2.05) is 6.92 Å². The number of benzene rings is 1. The first kappa shape index (κ1) is 14.3. The van der Waals surface area contributed by atoms with Crippen molar-refractivity contribution < 1.29 is 18.4 Å². The van der Waals surface area contributed by atoms with Crippen LogP contribution in [0.5, 0.6) is 5.75 Å². The maximum Gasteiger partial charge on any atom is 0.307 e. The van der Waals surface area contributed by atoms with Crippen LogP contribution in [0.1, 0.15) is 13.3 Å². The molecular formula is C11H14F2N2O3. The van der Waals surface area contributed by atoms with Gasteiger partial charge in [0.1, 0.15) is 6.61 Å². The minimum atomic E-state index is -1.11. The van der Waals surface area contributed by atoms with E-state index >= 15 is 0 Å². The van der Waals surface area contributed by atoms with Crippen LogP contribution in [0.15, 0.2) is 12.1 Å². The average Bonchev–Trinajstić information content (AvgIpc) is 2.32. The predicted molar refractivity (Wildman–Crippen MR) is 61.7 cm³/mol. The summed E-state index contributed by atoms with van der Waals surface area (Å²) < 4.78 is 31.6. The first-order chi connectivity index (χ1) is 8.56. The van der Waals surface area contributed by atoms with Crippen LogP contribution in [0.2, 0.25) is 0 Å². The number of ether oxygens (including phenoxy) is 1. The minimum absolute atomic E-state index is 0.161. The van der Waals surface area contributed by atoms with Crippen molar-refractivity contribution in [3.63, 3.8) is 0 Å². The fourth-order valence-corrected chi connectivity index (χ4v) is 1.30. The van der Waals surface area contributed by atoms with Gasteiger partial charge < -0.3 is 10.1 Å². The number of hydrogen-bond donors (Lipinski definition) is 1. The van der Waals surface area contributed by atoms with Gasteiger partial charge >= 0.3 is 5.69 Å². The predicted octanol–water partition coefficient (Wildman–Crippen LogP) is 2.25. The zero-order chi connectivity index (χ0) is 13.5. The molecule has 0 saturated carbocycles. The molecule has 0 saturated heterocycles. The van der Waals surface area contributed by atoms with Gasteiger partial charge in [-0.05, 0) is 13.0 Å². The Morgan fingerprint density at radius 2 is 2.06 bits per heavy atom. The highest BCUT2D eigenvalue weighted by Gasteiger charge is 2.19. The molecule has 0 atom stereocenters. The standard InChI is InChI=1S/C11H14F2N2O3/c1-2-3-14-4-5-18-11-7-8(12)10(15(16)17)6-9(11)13/h6-7,14H,2-5H2,1H3. The molecule has 7 heteroatoms. The van der Waals surface area contributed by atoms with Gasteiger partial charge in [-0.1, -0.05) is 6.92 Å². The second kappa shape index (κ2) is 6.85. The summed E-state index contributed by atoms with van der Waals surface area (Å²) in [5.74, 6) is -2.38. The SMILES string of the molecule is CCCNCCOc1cc(F)c([N+](=O)[O-])cc1F. The molecule has 5 nitrogen and oxygen atoms in total. The van der Waals surface area contributed by atoms with E-state index in [1.165, 1.54) is 0 Å². The highest BCUT2D eigenvalue weighted by molar-refractivity contribution is 5.39. The Labute approximate surface area is 103 Å². The number of halogens is 2. The Bertz CT molecular complexity index is 427. The molecule has 1 N–H and O–H groups in total. The van der Waals surface area contributed by atoms with Crippen molar-refractivity contribution in [2.24, 2.45) is 0 Å². The lowest BCUT2D eigenvalue weighted by atomic mass is 10.3. The molecular weight excluding hydrogens is 246 g/mol. The summed E-state index contributed by atoms with van der Waals surface area (Å²) in [6, 6.07) is 1.21. The van der Waals surface area contributed by atoms with Crippen LogP contribution in [0, 0.1) is 21.7 Å². The van der Waals surface area contributed by atoms with Crippen LogP contribution >= 0.6 is 0 Å². The molecule has 1 aromatic rings. The number of rotatable bonds is 7. The van der Waals surface area contributed by atoms with Crippen LogP contribution in [-0.2, 0) is 0 Å². The molecule has 0 aliphatic rings. The summed E-state index contributed by atoms with van der Waals surface area (Å²) in [6.07, 6.45) is 0.959. The van der Waals surface area contributed by atoms with Crippen molar-refractivity contribution in [1.29, 1.82) is 0 Å². The summed E-state index contributed by atoms with van der Waals surface area (Å²) >= 11 is 0. The quantitative estimate of drug-likeness (QED) is 0.464. The minimum Gasteiger partial charge on any atom is -0.489 e. The van der Waals surface area contributed by atoms with Crippen molar-refractivity contribution in [3.8, 4) is 5.75 Å². The summed E-state index contributed by atoms with van der Waals surface area (Å²) in [5.41, 5.74) is -0.899. The van der Waals surface area contributed by atoms with E-state index in [2.05, 4.69) is 5.32 Å². The normalized spacial score (nSPS) is 10.4. The first-order valence-electron chi connectivity index (χ1n) is 5.53. The van der Waals surface area contributed by atoms with Gasteiger partial charge in [-0.25, -0.2) is 4.39 Å². The van der Waals surface area contributed by atoms with E-state index in [9.17, 15) is 18.9 Å². The molecule has 0 aliphatic carbocycles. The molecule has 1 rings (SSSR count). The van der Waals surface area contributed by atoms with Crippen LogP contribution in [0.25, 0.3) is 0 Å². The second-order valence-electron chi connectivity index (χ2n) is 3.59. The lowest BCUT2D eigenvalue weighted by Gasteiger charge is -2.08. The third-order valence-electron chi connectivity index (χ3n) is 2.16. The molecule has 0 radical (unpaired) electrons. The van der Waals surface area contributed by atoms with Crippen molar-refractivity contribution >= 4 is 5.69 Å². The fraction of sp³-hybridized carbons (Fsp3) is 0.455. The van der Waals surface area contributed by atoms with Crippen LogP contribution < -0.4 is 10.1 Å². The molecule has 0 heterocycles. The molecule has 0 amide bonds. The van der Waals surface area contributed by atoms with Gasteiger partial charge in [-0.2, -0.15) is 4.39 Å². The van der Waals surface area contributed by atoms with Gasteiger partial charge in [0.15, 0.2) is 11.6 Å². The Morgan fingerprint density at radius 3 is 2.67 bits per heavy atom. The lowest BCUT2D eigenvalue weighted by molar-refractivity contribution is -0.387. The zero-order valence-electron chi connectivity index (χ0n) is 9.91. The van der Waals surface area contributed by atoms with Crippen molar-refractivity contribution in [3.05, 3.63) is 33.9 Å². The molecule has 1 aromatic carbocycles. The number of nitro benzene ring substituents is 1. The first-order valence-corrected chi connectivity index (χ1v) is 5.53. The topological polar surface area (TPSA) is 64.4 Å². The van der Waals surface area contributed by atoms with E-state index in [-0.39, 0.29) is 12.4 Å². The molecule has 0 aromatic heterocycles. The van der Waals surface area contributed by atoms with E-state index in [0.717, 1.165) is 13.0 Å². The second-order valence-corrected chi connectivity index (χ2v) is 3.59. The molecule has 0 unspecified atom stereocenters. The highest BCUT2D eigenvalue weighted by Crippen LogP contribution is 2.26. The highest BCUT2D eigenvalue weighted by atomic mass is 19.1. The van der Waals surface area contributed by atoms with Crippen LogP contribution in [-0.4, -0.2) is 24.6 Å². The molecule has 0 bridgehead atoms. The van der Waals surface area contributed by atoms with Gasteiger partial charge in [0.25, 0.3) is 0 Å². The van der Waals surface area contributed by atoms with Gasteiger partial charge in [-0.3, -0.25) is 10.1 Å². The maximum absolute atomic E-state index is 13.3. The smallest absolute Gasteiger partial charge is 0.307 e. The number of nitrogens with one attached hydrogen (secondary N) is 1. The summed E-state index contributed by atoms with van der Waals surface area (Å²) in [7, 11) is 0. The Balaban J connectivity index is 2.62. The Hall–Kier alpha value is -1.76. The van der Waals surface area contributed by atoms with E-state index in [1.54, 1.807) is 0 Å². The van der Waals surface area contributed by atoms with Crippen molar-refractivity contribution in [2.45, 2.75) is 13.3 Å². The van der Waals surface area contributed by atoms with Gasteiger partial charge in [-0.15, -0.1) is 0 Å². The number of nitro groups is 1. The molecule has 0 aliphatic heterocycles. The van der Waals surface area contributed by atoms with Gasteiger partial charge in [0.05, 0.1) is 11.0 Å². The molecule has 100 valence electrons. The van der Waals surface area contributed by atoms with Gasteiger partial charge in [0.2, 0.25) is 5.82 Å². The van der Waals surface area contributed by atoms with Crippen molar-refractivity contribution in [1.82, 2.24) is 5.32 Å². The van der Waals surface area contributed by atoms with E-state index in [0.29, 0.717) is 18.7 Å². The average molecular weight is 260 g/mol. The Morgan fingerprint density at radius 1 is 1.33 bits per heavy atom.